The van der Waals surface area contributed by atoms with E-state index in [2.05, 4.69) is 59.0 Å². The molecule has 1 heterocycles. The second-order valence-electron chi connectivity index (χ2n) is 5.06. The molecule has 1 aromatic heterocycles. The highest BCUT2D eigenvalue weighted by Gasteiger charge is 2.12. The summed E-state index contributed by atoms with van der Waals surface area (Å²) in [5.74, 6) is 1.46. The highest BCUT2D eigenvalue weighted by Crippen LogP contribution is 2.24. The predicted molar refractivity (Wildman–Crippen MR) is 81.9 cm³/mol. The Kier molecular flexibility index (Phi) is 5.14. The van der Waals surface area contributed by atoms with Gasteiger partial charge in [0.15, 0.2) is 0 Å². The minimum atomic E-state index is 0.290. The highest BCUT2D eigenvalue weighted by molar-refractivity contribution is 7.99. The Hall–Kier alpha value is -1.40. The van der Waals surface area contributed by atoms with Gasteiger partial charge in [0.25, 0.3) is 0 Å². The van der Waals surface area contributed by atoms with Crippen molar-refractivity contribution in [3.05, 3.63) is 35.4 Å². The van der Waals surface area contributed by atoms with Gasteiger partial charge >= 0.3 is 0 Å². The Morgan fingerprint density at radius 3 is 2.35 bits per heavy atom. The first-order chi connectivity index (χ1) is 9.61. The summed E-state index contributed by atoms with van der Waals surface area (Å²) in [6.07, 6.45) is 0. The molecule has 0 radical (unpaired) electrons. The molecule has 2 rings (SSSR count). The monoisotopic (exact) mass is 291 g/mol. The van der Waals surface area contributed by atoms with Gasteiger partial charge in [0.1, 0.15) is 0 Å². The van der Waals surface area contributed by atoms with Gasteiger partial charge in [-0.15, -0.1) is 5.10 Å². The third kappa shape index (κ3) is 3.58. The molecule has 0 bridgehead atoms. The number of tetrazole rings is 1. The zero-order chi connectivity index (χ0) is 14.5. The summed E-state index contributed by atoms with van der Waals surface area (Å²) in [5, 5.41) is 15.7. The topological polar surface area (TPSA) is 55.6 Å². The first-order valence-corrected chi connectivity index (χ1v) is 7.72. The second-order valence-corrected chi connectivity index (χ2v) is 6.05. The number of nitrogens with one attached hydrogen (secondary N) is 1. The summed E-state index contributed by atoms with van der Waals surface area (Å²) in [7, 11) is 3.84. The lowest BCUT2D eigenvalue weighted by molar-refractivity contribution is 0.648. The standard InChI is InChI=1S/C14H21N5S/c1-10(2)11-5-7-12(8-6-11)13(15-3)9-20-14-16-17-18-19(14)4/h5-8,10,13,15H,9H2,1-4H3. The van der Waals surface area contributed by atoms with Crippen LogP contribution in [-0.2, 0) is 7.05 Å². The minimum Gasteiger partial charge on any atom is -0.312 e. The fourth-order valence-corrected chi connectivity index (χ4v) is 2.95. The minimum absolute atomic E-state index is 0.290. The molecule has 0 spiro atoms. The van der Waals surface area contributed by atoms with Gasteiger partial charge in [-0.3, -0.25) is 0 Å². The maximum absolute atomic E-state index is 3.99. The molecule has 5 nitrogen and oxygen atoms in total. The van der Waals surface area contributed by atoms with E-state index in [4.69, 9.17) is 0 Å². The van der Waals surface area contributed by atoms with E-state index in [1.165, 1.54) is 11.1 Å². The number of benzene rings is 1. The summed E-state index contributed by atoms with van der Waals surface area (Å²) in [6.45, 7) is 4.42. The maximum atomic E-state index is 3.99. The van der Waals surface area contributed by atoms with Crippen molar-refractivity contribution < 1.29 is 0 Å². The van der Waals surface area contributed by atoms with Gasteiger partial charge < -0.3 is 5.32 Å². The highest BCUT2D eigenvalue weighted by atomic mass is 32.2. The van der Waals surface area contributed by atoms with Crippen molar-refractivity contribution in [2.45, 2.75) is 31.0 Å². The van der Waals surface area contributed by atoms with Crippen molar-refractivity contribution in [1.29, 1.82) is 0 Å². The molecule has 1 unspecified atom stereocenters. The van der Waals surface area contributed by atoms with Crippen molar-refractivity contribution in [2.24, 2.45) is 7.05 Å². The Balaban J connectivity index is 2.02. The third-order valence-electron chi connectivity index (χ3n) is 3.31. The fraction of sp³-hybridized carbons (Fsp3) is 0.500. The number of nitrogens with zero attached hydrogens (tertiary/aromatic N) is 4. The second kappa shape index (κ2) is 6.85. The van der Waals surface area contributed by atoms with Gasteiger partial charge in [-0.2, -0.15) is 0 Å². The van der Waals surface area contributed by atoms with Gasteiger partial charge in [-0.1, -0.05) is 49.9 Å². The van der Waals surface area contributed by atoms with Gasteiger partial charge in [0.05, 0.1) is 0 Å². The summed E-state index contributed by atoms with van der Waals surface area (Å²) in [6, 6.07) is 9.10. The van der Waals surface area contributed by atoms with Crippen molar-refractivity contribution in [3.8, 4) is 0 Å². The molecule has 0 aliphatic rings. The summed E-state index contributed by atoms with van der Waals surface area (Å²) >= 11 is 1.66. The first-order valence-electron chi connectivity index (χ1n) is 6.74. The quantitative estimate of drug-likeness (QED) is 0.828. The Labute approximate surface area is 124 Å². The molecule has 2 aromatic rings. The van der Waals surface area contributed by atoms with E-state index >= 15 is 0 Å². The van der Waals surface area contributed by atoms with Crippen LogP contribution in [-0.4, -0.2) is 33.0 Å². The lowest BCUT2D eigenvalue weighted by Gasteiger charge is -2.16. The Morgan fingerprint density at radius 1 is 1.20 bits per heavy atom. The molecule has 0 aliphatic heterocycles. The average molecular weight is 291 g/mol. The van der Waals surface area contributed by atoms with Crippen LogP contribution in [0.1, 0.15) is 36.9 Å². The molecule has 108 valence electrons. The van der Waals surface area contributed by atoms with Crippen molar-refractivity contribution in [2.75, 3.05) is 12.8 Å². The van der Waals surface area contributed by atoms with Crippen molar-refractivity contribution in [3.63, 3.8) is 0 Å². The zero-order valence-electron chi connectivity index (χ0n) is 12.4. The van der Waals surface area contributed by atoms with Crippen LogP contribution >= 0.6 is 11.8 Å². The summed E-state index contributed by atoms with van der Waals surface area (Å²) < 4.78 is 1.69. The molecule has 1 atom stereocenters. The predicted octanol–water partition coefficient (Wildman–Crippen LogP) is 2.39. The lowest BCUT2D eigenvalue weighted by atomic mass is 10.00. The van der Waals surface area contributed by atoms with Crippen LogP contribution in [0.2, 0.25) is 0 Å². The summed E-state index contributed by atoms with van der Waals surface area (Å²) in [5.41, 5.74) is 2.66. The maximum Gasteiger partial charge on any atom is 0.209 e. The molecule has 1 N–H and O–H groups in total. The van der Waals surface area contributed by atoms with Gasteiger partial charge in [0, 0.05) is 18.8 Å². The zero-order valence-corrected chi connectivity index (χ0v) is 13.2. The van der Waals surface area contributed by atoms with E-state index < -0.39 is 0 Å². The number of hydrogen-bond acceptors (Lipinski definition) is 5. The molecule has 0 saturated carbocycles. The fourth-order valence-electron chi connectivity index (χ4n) is 1.96. The number of rotatable bonds is 6. The third-order valence-corrected chi connectivity index (χ3v) is 4.42. The van der Waals surface area contributed by atoms with E-state index in [9.17, 15) is 0 Å². The van der Waals surface area contributed by atoms with E-state index in [0.29, 0.717) is 5.92 Å². The van der Waals surface area contributed by atoms with E-state index in [-0.39, 0.29) is 6.04 Å². The largest absolute Gasteiger partial charge is 0.312 e. The van der Waals surface area contributed by atoms with Gasteiger partial charge in [0.2, 0.25) is 5.16 Å². The van der Waals surface area contributed by atoms with Crippen LogP contribution in [0.5, 0.6) is 0 Å². The molecule has 1 aromatic carbocycles. The van der Waals surface area contributed by atoms with Crippen molar-refractivity contribution in [1.82, 2.24) is 25.5 Å². The van der Waals surface area contributed by atoms with Crippen LogP contribution < -0.4 is 5.32 Å². The normalized spacial score (nSPS) is 12.8. The Bertz CT molecular complexity index is 535. The number of thioether (sulfide) groups is 1. The molecular weight excluding hydrogens is 270 g/mol. The number of aryl methyl sites for hydroxylation is 1. The summed E-state index contributed by atoms with van der Waals surface area (Å²) in [4.78, 5) is 0. The Morgan fingerprint density at radius 2 is 1.85 bits per heavy atom. The molecule has 0 saturated heterocycles. The number of aromatic nitrogens is 4. The first kappa shape index (κ1) is 15.0. The van der Waals surface area contributed by atoms with E-state index in [0.717, 1.165) is 10.9 Å². The van der Waals surface area contributed by atoms with E-state index in [1.54, 1.807) is 16.4 Å². The molecule has 6 heteroatoms. The van der Waals surface area contributed by atoms with Gasteiger partial charge in [-0.05, 0) is 34.5 Å². The van der Waals surface area contributed by atoms with Crippen LogP contribution in [0.15, 0.2) is 29.4 Å². The van der Waals surface area contributed by atoms with Crippen LogP contribution in [0.25, 0.3) is 0 Å². The molecule has 20 heavy (non-hydrogen) atoms. The molecule has 0 fully saturated rings. The van der Waals surface area contributed by atoms with Crippen molar-refractivity contribution >= 4 is 11.8 Å². The lowest BCUT2D eigenvalue weighted by Crippen LogP contribution is -2.19. The van der Waals surface area contributed by atoms with Crippen LogP contribution in [0.3, 0.4) is 0 Å². The van der Waals surface area contributed by atoms with Crippen LogP contribution in [0.4, 0.5) is 0 Å². The van der Waals surface area contributed by atoms with E-state index in [1.807, 2.05) is 14.1 Å². The number of hydrogen-bond donors (Lipinski definition) is 1. The van der Waals surface area contributed by atoms with Gasteiger partial charge in [-0.25, -0.2) is 4.68 Å². The molecule has 0 amide bonds. The average Bonchev–Trinajstić information content (AvgIpc) is 2.85. The molecule has 0 aliphatic carbocycles. The molecular formula is C14H21N5S. The smallest absolute Gasteiger partial charge is 0.209 e. The SMILES string of the molecule is CNC(CSc1nnnn1C)c1ccc(C(C)C)cc1. The van der Waals surface area contributed by atoms with Crippen LogP contribution in [0, 0.1) is 0 Å².